The molecule has 1 aliphatic rings. The van der Waals surface area contributed by atoms with Crippen LogP contribution in [0.1, 0.15) is 11.8 Å². The predicted molar refractivity (Wildman–Crippen MR) is 59.1 cm³/mol. The molecule has 2 heterocycles. The monoisotopic (exact) mass is 258 g/mol. The maximum atomic E-state index is 11.6. The van der Waals surface area contributed by atoms with Crippen LogP contribution in [0.3, 0.4) is 0 Å². The van der Waals surface area contributed by atoms with Crippen molar-refractivity contribution in [1.29, 1.82) is 0 Å². The maximum absolute atomic E-state index is 11.6. The number of nitrogens with zero attached hydrogens (tertiary/aromatic N) is 1. The van der Waals surface area contributed by atoms with E-state index in [1.807, 2.05) is 0 Å². The highest BCUT2D eigenvalue weighted by Crippen LogP contribution is 2.27. The highest BCUT2D eigenvalue weighted by Gasteiger charge is 2.43. The summed E-state index contributed by atoms with van der Waals surface area (Å²) in [4.78, 5) is 24.9. The molecule has 0 saturated carbocycles. The number of aliphatic hydroxyl groups is 3. The summed E-state index contributed by atoms with van der Waals surface area (Å²) in [5.41, 5.74) is -1.00. The number of aromatic nitrogens is 2. The second kappa shape index (κ2) is 4.65. The van der Waals surface area contributed by atoms with Crippen LogP contribution in [0.2, 0.25) is 0 Å². The van der Waals surface area contributed by atoms with Gasteiger partial charge in [0.05, 0.1) is 6.61 Å². The Morgan fingerprint density at radius 2 is 2.06 bits per heavy atom. The normalized spacial score (nSPS) is 31.8. The van der Waals surface area contributed by atoms with Crippen LogP contribution in [-0.2, 0) is 4.74 Å². The molecule has 4 atom stereocenters. The Hall–Kier alpha value is -1.48. The van der Waals surface area contributed by atoms with Gasteiger partial charge in [-0.3, -0.25) is 14.3 Å². The van der Waals surface area contributed by atoms with Gasteiger partial charge >= 0.3 is 5.69 Å². The van der Waals surface area contributed by atoms with Crippen molar-refractivity contribution >= 4 is 0 Å². The molecule has 8 nitrogen and oxygen atoms in total. The molecule has 2 rings (SSSR count). The number of aliphatic hydroxyl groups excluding tert-OH is 3. The van der Waals surface area contributed by atoms with Gasteiger partial charge in [0, 0.05) is 11.8 Å². The Balaban J connectivity index is 2.42. The van der Waals surface area contributed by atoms with Gasteiger partial charge < -0.3 is 20.1 Å². The predicted octanol–water partition coefficient (Wildman–Crippen LogP) is -2.54. The fraction of sp³-hybridized carbons (Fsp3) is 0.600. The maximum Gasteiger partial charge on any atom is 0.330 e. The topological polar surface area (TPSA) is 125 Å². The molecular formula is C10H14N2O6. The van der Waals surface area contributed by atoms with Crippen LogP contribution >= 0.6 is 0 Å². The first-order valence-corrected chi connectivity index (χ1v) is 5.40. The molecule has 0 aliphatic carbocycles. The van der Waals surface area contributed by atoms with Crippen LogP contribution in [0, 0.1) is 6.92 Å². The minimum atomic E-state index is -1.36. The first kappa shape index (κ1) is 13.0. The van der Waals surface area contributed by atoms with Crippen molar-refractivity contribution in [1.82, 2.24) is 9.55 Å². The van der Waals surface area contributed by atoms with E-state index in [2.05, 4.69) is 4.98 Å². The smallest absolute Gasteiger partial charge is 0.330 e. The molecule has 1 aromatic heterocycles. The molecule has 1 saturated heterocycles. The van der Waals surface area contributed by atoms with E-state index in [0.717, 1.165) is 4.57 Å². The molecular weight excluding hydrogens is 244 g/mol. The summed E-state index contributed by atoms with van der Waals surface area (Å²) < 4.78 is 6.17. The fourth-order valence-corrected chi connectivity index (χ4v) is 1.88. The highest BCUT2D eigenvalue weighted by atomic mass is 16.6. The van der Waals surface area contributed by atoms with Gasteiger partial charge in [0.25, 0.3) is 5.56 Å². The standard InChI is InChI=1S/C10H14N2O6/c1-4-2-12(10(17)11-8(4)16)9-7(15)6(14)5(3-13)18-9/h2,5-7,9,13-15H,3H2,1H3,(H,11,16,17)/t5-,6+,7?,9-/m0/s1. The zero-order chi connectivity index (χ0) is 13.4. The van der Waals surface area contributed by atoms with E-state index < -0.39 is 42.4 Å². The summed E-state index contributed by atoms with van der Waals surface area (Å²) in [6.07, 6.45) is -3.52. The molecule has 0 amide bonds. The van der Waals surface area contributed by atoms with E-state index in [1.165, 1.54) is 13.1 Å². The van der Waals surface area contributed by atoms with Crippen LogP contribution < -0.4 is 11.2 Å². The number of H-pyrrole nitrogens is 1. The van der Waals surface area contributed by atoms with Gasteiger partial charge in [-0.05, 0) is 6.92 Å². The van der Waals surface area contributed by atoms with E-state index >= 15 is 0 Å². The molecule has 1 fully saturated rings. The van der Waals surface area contributed by atoms with E-state index in [0.29, 0.717) is 0 Å². The molecule has 0 spiro atoms. The summed E-state index contributed by atoms with van der Waals surface area (Å²) >= 11 is 0. The molecule has 1 aromatic rings. The quantitative estimate of drug-likeness (QED) is 0.463. The number of aryl methyl sites for hydroxylation is 1. The van der Waals surface area contributed by atoms with E-state index in [4.69, 9.17) is 9.84 Å². The van der Waals surface area contributed by atoms with Crippen molar-refractivity contribution < 1.29 is 20.1 Å². The molecule has 18 heavy (non-hydrogen) atoms. The minimum Gasteiger partial charge on any atom is -0.394 e. The number of hydrogen-bond donors (Lipinski definition) is 4. The third-order valence-corrected chi connectivity index (χ3v) is 2.94. The third-order valence-electron chi connectivity index (χ3n) is 2.94. The van der Waals surface area contributed by atoms with Gasteiger partial charge in [0.2, 0.25) is 0 Å². The average Bonchev–Trinajstić information content (AvgIpc) is 2.61. The summed E-state index contributed by atoms with van der Waals surface area (Å²) in [6.45, 7) is 1.02. The SMILES string of the molecule is Cc1cn([C@H]2O[C@@H](CO)[C@@H](O)C2O)c(=O)[nH]c1=O. The van der Waals surface area contributed by atoms with Gasteiger partial charge in [-0.2, -0.15) is 0 Å². The van der Waals surface area contributed by atoms with E-state index in [-0.39, 0.29) is 5.56 Å². The van der Waals surface area contributed by atoms with Gasteiger partial charge in [-0.25, -0.2) is 4.79 Å². The number of rotatable bonds is 2. The third kappa shape index (κ3) is 1.99. The zero-order valence-electron chi connectivity index (χ0n) is 9.61. The fourth-order valence-electron chi connectivity index (χ4n) is 1.88. The second-order valence-corrected chi connectivity index (χ2v) is 4.21. The number of nitrogens with one attached hydrogen (secondary N) is 1. The first-order valence-electron chi connectivity index (χ1n) is 5.40. The Morgan fingerprint density at radius 1 is 1.39 bits per heavy atom. The number of aromatic amines is 1. The first-order chi connectivity index (χ1) is 8.45. The lowest BCUT2D eigenvalue weighted by Gasteiger charge is -2.17. The van der Waals surface area contributed by atoms with E-state index in [1.54, 1.807) is 0 Å². The molecule has 0 radical (unpaired) electrons. The minimum absolute atomic E-state index is 0.271. The molecule has 8 heteroatoms. The van der Waals surface area contributed by atoms with Crippen molar-refractivity contribution in [2.75, 3.05) is 6.61 Å². The summed E-state index contributed by atoms with van der Waals surface area (Å²) in [7, 11) is 0. The molecule has 100 valence electrons. The highest BCUT2D eigenvalue weighted by molar-refractivity contribution is 5.03. The van der Waals surface area contributed by atoms with Crippen LogP contribution in [-0.4, -0.2) is 49.8 Å². The van der Waals surface area contributed by atoms with Gasteiger partial charge in [0.1, 0.15) is 18.3 Å². The summed E-state index contributed by atoms with van der Waals surface area (Å²) in [5.74, 6) is 0. The lowest BCUT2D eigenvalue weighted by molar-refractivity contribution is -0.0551. The van der Waals surface area contributed by atoms with Crippen molar-refractivity contribution in [3.05, 3.63) is 32.6 Å². The van der Waals surface area contributed by atoms with Crippen LogP contribution in [0.4, 0.5) is 0 Å². The van der Waals surface area contributed by atoms with Gasteiger partial charge in [0.15, 0.2) is 6.23 Å². The average molecular weight is 258 g/mol. The number of ether oxygens (including phenoxy) is 1. The summed E-state index contributed by atoms with van der Waals surface area (Å²) in [5, 5.41) is 28.3. The summed E-state index contributed by atoms with van der Waals surface area (Å²) in [6, 6.07) is 0. The van der Waals surface area contributed by atoms with Crippen molar-refractivity contribution in [2.45, 2.75) is 31.5 Å². The van der Waals surface area contributed by atoms with Crippen molar-refractivity contribution in [3.8, 4) is 0 Å². The Labute approximate surface area is 101 Å². The Bertz CT molecular complexity index is 550. The van der Waals surface area contributed by atoms with E-state index in [9.17, 15) is 19.8 Å². The molecule has 1 unspecified atom stereocenters. The number of hydrogen-bond acceptors (Lipinski definition) is 6. The molecule has 0 aromatic carbocycles. The van der Waals surface area contributed by atoms with Crippen LogP contribution in [0.5, 0.6) is 0 Å². The van der Waals surface area contributed by atoms with Gasteiger partial charge in [-0.1, -0.05) is 0 Å². The Morgan fingerprint density at radius 3 is 2.61 bits per heavy atom. The van der Waals surface area contributed by atoms with Gasteiger partial charge in [-0.15, -0.1) is 0 Å². The van der Waals surface area contributed by atoms with Crippen LogP contribution in [0.15, 0.2) is 15.8 Å². The van der Waals surface area contributed by atoms with Crippen LogP contribution in [0.25, 0.3) is 0 Å². The Kier molecular flexibility index (Phi) is 3.35. The largest absolute Gasteiger partial charge is 0.394 e. The van der Waals surface area contributed by atoms with Crippen molar-refractivity contribution in [3.63, 3.8) is 0 Å². The molecule has 1 aliphatic heterocycles. The zero-order valence-corrected chi connectivity index (χ0v) is 9.61. The second-order valence-electron chi connectivity index (χ2n) is 4.21. The van der Waals surface area contributed by atoms with Crippen molar-refractivity contribution in [2.24, 2.45) is 0 Å². The lowest BCUT2D eigenvalue weighted by Crippen LogP contribution is -2.38. The molecule has 0 bridgehead atoms. The molecule has 4 N–H and O–H groups in total. The lowest BCUT2D eigenvalue weighted by atomic mass is 10.1.